The summed E-state index contributed by atoms with van der Waals surface area (Å²) in [5, 5.41) is 15.6. The number of hydrogen-bond donors (Lipinski definition) is 0. The normalized spacial score (nSPS) is 14.3. The van der Waals surface area contributed by atoms with Crippen LogP contribution in [0.4, 0.5) is 5.69 Å². The van der Waals surface area contributed by atoms with Crippen molar-refractivity contribution in [2.75, 3.05) is 13.2 Å². The van der Waals surface area contributed by atoms with Gasteiger partial charge in [-0.25, -0.2) is 4.79 Å². The molecule has 0 aromatic heterocycles. The second-order valence-corrected chi connectivity index (χ2v) is 13.2. The Bertz CT molecular complexity index is 2580. The zero-order valence-corrected chi connectivity index (χ0v) is 28.7. The third-order valence-corrected chi connectivity index (χ3v) is 9.98. The van der Waals surface area contributed by atoms with Crippen LogP contribution in [0.15, 0.2) is 97.1 Å². The summed E-state index contributed by atoms with van der Waals surface area (Å²) in [6, 6.07) is 29.2. The van der Waals surface area contributed by atoms with E-state index in [0.717, 1.165) is 54.4 Å². The Balaban J connectivity index is 0.867. The molecule has 0 spiro atoms. The van der Waals surface area contributed by atoms with E-state index in [9.17, 15) is 24.5 Å². The molecule has 268 valence electrons. The molecule has 0 saturated carbocycles. The van der Waals surface area contributed by atoms with Crippen LogP contribution in [0.25, 0.3) is 21.5 Å². The van der Waals surface area contributed by atoms with Crippen LogP contribution in [0.2, 0.25) is 0 Å². The molecular weight excluding hydrogens is 692 g/mol. The Labute approximate surface area is 307 Å². The number of esters is 1. The molecule has 0 aliphatic carbocycles. The lowest BCUT2D eigenvalue weighted by Crippen LogP contribution is -2.31. The molecule has 3 heterocycles. The van der Waals surface area contributed by atoms with Crippen LogP contribution in [-0.4, -0.2) is 40.8 Å². The van der Waals surface area contributed by atoms with Gasteiger partial charge in [0.15, 0.2) is 23.0 Å². The fourth-order valence-electron chi connectivity index (χ4n) is 7.31. The molecular formula is C42H30N2O10. The lowest BCUT2D eigenvalue weighted by Gasteiger charge is -2.25. The highest BCUT2D eigenvalue weighted by Gasteiger charge is 2.40. The maximum Gasteiger partial charge on any atom is 0.338 e. The molecule has 0 radical (unpaired) electrons. The van der Waals surface area contributed by atoms with Gasteiger partial charge in [0, 0.05) is 23.4 Å². The summed E-state index contributed by atoms with van der Waals surface area (Å²) in [5.41, 5.74) is 3.39. The van der Waals surface area contributed by atoms with Crippen molar-refractivity contribution in [3.8, 4) is 23.0 Å². The molecule has 6 aromatic rings. The van der Waals surface area contributed by atoms with Crippen LogP contribution in [0.3, 0.4) is 0 Å². The molecule has 2 amide bonds. The first kappa shape index (κ1) is 32.9. The number of carbonyl (C=O) groups excluding carboxylic acids is 3. The largest absolute Gasteiger partial charge is 0.485 e. The predicted molar refractivity (Wildman–Crippen MR) is 195 cm³/mol. The zero-order chi connectivity index (χ0) is 36.9. The van der Waals surface area contributed by atoms with Gasteiger partial charge in [-0.15, -0.1) is 0 Å². The highest BCUT2D eigenvalue weighted by molar-refractivity contribution is 6.23. The molecule has 0 fully saturated rings. The van der Waals surface area contributed by atoms with E-state index in [1.807, 2.05) is 24.3 Å². The maximum atomic E-state index is 13.0. The van der Waals surface area contributed by atoms with E-state index in [2.05, 4.69) is 36.4 Å². The van der Waals surface area contributed by atoms with Crippen LogP contribution in [0.1, 0.15) is 59.7 Å². The summed E-state index contributed by atoms with van der Waals surface area (Å²) in [6.07, 6.45) is 0.143. The number of nitro benzene ring substituents is 1. The minimum Gasteiger partial charge on any atom is -0.485 e. The minimum atomic E-state index is -0.742. The summed E-state index contributed by atoms with van der Waals surface area (Å²) in [7, 11) is 0. The number of nitro groups is 1. The Kier molecular flexibility index (Phi) is 8.07. The van der Waals surface area contributed by atoms with Crippen LogP contribution in [-0.2, 0) is 31.2 Å². The molecule has 0 saturated heterocycles. The molecule has 0 N–H and O–H groups in total. The van der Waals surface area contributed by atoms with E-state index in [-0.39, 0.29) is 49.5 Å². The minimum absolute atomic E-state index is 0.0154. The monoisotopic (exact) mass is 722 g/mol. The van der Waals surface area contributed by atoms with Crippen molar-refractivity contribution in [3.05, 3.63) is 146 Å². The highest BCUT2D eigenvalue weighted by Crippen LogP contribution is 2.45. The maximum absolute atomic E-state index is 13.0. The lowest BCUT2D eigenvalue weighted by molar-refractivity contribution is -0.385. The molecule has 3 aliphatic heterocycles. The molecule has 0 atom stereocenters. The highest BCUT2D eigenvalue weighted by atomic mass is 16.6. The van der Waals surface area contributed by atoms with Crippen molar-refractivity contribution >= 4 is 45.0 Å². The van der Waals surface area contributed by atoms with Gasteiger partial charge >= 0.3 is 5.97 Å². The zero-order valence-electron chi connectivity index (χ0n) is 28.7. The standard InChI is InChI=1S/C42H30N2O10/c45-40-33-11-5-12-34(44(48)49)37(33)41(46)43(40)15-6-16-50-42(47)24-13-14-35-36(19-24)52-21-26-18-28-23-54-39-32-10-4-2-8-30(32)29-7-1-3-9-31(29)38(39)53-22-27(28)17-25(26)20-51-35/h1-5,7-14,17-19H,6,15-16,20-23H2. The van der Waals surface area contributed by atoms with Crippen LogP contribution in [0.5, 0.6) is 23.0 Å². The molecule has 9 rings (SSSR count). The molecule has 6 aromatic carbocycles. The second kappa shape index (κ2) is 13.2. The van der Waals surface area contributed by atoms with E-state index in [1.54, 1.807) is 18.2 Å². The second-order valence-electron chi connectivity index (χ2n) is 13.2. The van der Waals surface area contributed by atoms with Crippen LogP contribution in [0, 0.1) is 10.1 Å². The Morgan fingerprint density at radius 2 is 1.24 bits per heavy atom. The van der Waals surface area contributed by atoms with Crippen molar-refractivity contribution in [1.82, 2.24) is 4.90 Å². The first-order chi connectivity index (χ1) is 26.4. The number of carbonyl (C=O) groups is 3. The van der Waals surface area contributed by atoms with E-state index < -0.39 is 28.4 Å². The van der Waals surface area contributed by atoms with Gasteiger partial charge in [0.05, 0.1) is 22.7 Å². The first-order valence-electron chi connectivity index (χ1n) is 17.4. The first-order valence-corrected chi connectivity index (χ1v) is 17.4. The quantitative estimate of drug-likeness (QED) is 0.0419. The number of amides is 2. The summed E-state index contributed by atoms with van der Waals surface area (Å²) in [6.45, 7) is 1.02. The fraction of sp³-hybridized carbons (Fsp3) is 0.167. The Hall–Kier alpha value is -6.95. The van der Waals surface area contributed by atoms with Crippen molar-refractivity contribution in [3.63, 3.8) is 0 Å². The van der Waals surface area contributed by atoms with E-state index in [4.69, 9.17) is 23.7 Å². The molecule has 12 nitrogen and oxygen atoms in total. The van der Waals surface area contributed by atoms with E-state index in [1.165, 1.54) is 18.2 Å². The number of ether oxygens (including phenoxy) is 5. The number of rotatable bonds is 6. The van der Waals surface area contributed by atoms with Gasteiger partial charge in [-0.3, -0.25) is 24.6 Å². The van der Waals surface area contributed by atoms with E-state index >= 15 is 0 Å². The number of nitrogens with zero attached hydrogens (tertiary/aromatic N) is 2. The summed E-state index contributed by atoms with van der Waals surface area (Å²) in [4.78, 5) is 50.2. The van der Waals surface area contributed by atoms with Crippen molar-refractivity contribution in [2.24, 2.45) is 0 Å². The average Bonchev–Trinajstić information content (AvgIpc) is 3.42. The molecule has 3 aliphatic rings. The topological polar surface area (TPSA) is 144 Å². The average molecular weight is 723 g/mol. The van der Waals surface area contributed by atoms with E-state index in [0.29, 0.717) is 30.5 Å². The van der Waals surface area contributed by atoms with Crippen molar-refractivity contribution in [1.29, 1.82) is 0 Å². The Morgan fingerprint density at radius 1 is 0.667 bits per heavy atom. The van der Waals surface area contributed by atoms with Gasteiger partial charge in [0.1, 0.15) is 32.0 Å². The molecule has 0 bridgehead atoms. The van der Waals surface area contributed by atoms with Gasteiger partial charge < -0.3 is 23.7 Å². The number of imide groups is 1. The summed E-state index contributed by atoms with van der Waals surface area (Å²) in [5.74, 6) is 0.294. The van der Waals surface area contributed by atoms with Gasteiger partial charge in [0.2, 0.25) is 0 Å². The molecule has 0 unspecified atom stereocenters. The lowest BCUT2D eigenvalue weighted by atomic mass is 9.97. The van der Waals surface area contributed by atoms with Gasteiger partial charge in [-0.2, -0.15) is 0 Å². The van der Waals surface area contributed by atoms with Gasteiger partial charge in [0.25, 0.3) is 17.5 Å². The van der Waals surface area contributed by atoms with Crippen molar-refractivity contribution < 1.29 is 43.0 Å². The smallest absolute Gasteiger partial charge is 0.338 e. The van der Waals surface area contributed by atoms with Gasteiger partial charge in [-0.05, 0) is 75.8 Å². The number of fused-ring (bicyclic) bond motifs is 10. The third-order valence-electron chi connectivity index (χ3n) is 9.98. The molecule has 54 heavy (non-hydrogen) atoms. The summed E-state index contributed by atoms with van der Waals surface area (Å²) >= 11 is 0. The fourth-order valence-corrected chi connectivity index (χ4v) is 7.31. The molecule has 12 heteroatoms. The van der Waals surface area contributed by atoms with Crippen molar-refractivity contribution in [2.45, 2.75) is 32.8 Å². The Morgan fingerprint density at radius 3 is 1.85 bits per heavy atom. The number of hydrogen-bond acceptors (Lipinski definition) is 10. The predicted octanol–water partition coefficient (Wildman–Crippen LogP) is 7.69. The third kappa shape index (κ3) is 5.59. The SMILES string of the molecule is O=C(OCCCN1C(=O)c2cccc([N+](=O)[O-])c2C1=O)c1ccc2c(c1)OCc1cc3c(cc1CO2)COc1c(c2ccccc2c2ccccc12)OC3. The number of benzene rings is 6. The van der Waals surface area contributed by atoms with Gasteiger partial charge in [-0.1, -0.05) is 54.6 Å². The van der Waals surface area contributed by atoms with Crippen LogP contribution < -0.4 is 18.9 Å². The van der Waals surface area contributed by atoms with Crippen LogP contribution >= 0.6 is 0 Å². The summed E-state index contributed by atoms with van der Waals surface area (Å²) < 4.78 is 30.8.